The smallest absolute Gasteiger partial charge is 0.412 e. The number of aromatic nitrogens is 1. The van der Waals surface area contributed by atoms with Crippen LogP contribution in [0.2, 0.25) is 0 Å². The molecule has 0 fully saturated rings. The van der Waals surface area contributed by atoms with Crippen LogP contribution in [0.3, 0.4) is 0 Å². The number of amides is 1. The van der Waals surface area contributed by atoms with Crippen molar-refractivity contribution in [2.24, 2.45) is 0 Å². The van der Waals surface area contributed by atoms with E-state index in [1.165, 1.54) is 9.78 Å². The molecule has 2 aromatic heterocycles. The van der Waals surface area contributed by atoms with E-state index in [9.17, 15) is 4.79 Å². The molecule has 0 aromatic carbocycles. The van der Waals surface area contributed by atoms with Gasteiger partial charge in [-0.3, -0.25) is 9.88 Å². The van der Waals surface area contributed by atoms with Gasteiger partial charge >= 0.3 is 6.09 Å². The first-order chi connectivity index (χ1) is 11.4. The number of nitrogens with zero attached hydrogens (tertiary/aromatic N) is 2. The maximum Gasteiger partial charge on any atom is 0.412 e. The van der Waals surface area contributed by atoms with Crippen LogP contribution in [0.25, 0.3) is 11.1 Å². The van der Waals surface area contributed by atoms with E-state index in [1.807, 2.05) is 39.1 Å². The Morgan fingerprint density at radius 1 is 1.46 bits per heavy atom. The number of pyridine rings is 1. The summed E-state index contributed by atoms with van der Waals surface area (Å²) in [5.41, 5.74) is 2.61. The Morgan fingerprint density at radius 2 is 2.25 bits per heavy atom. The normalized spacial score (nSPS) is 17.2. The van der Waals surface area contributed by atoms with E-state index in [2.05, 4.69) is 10.4 Å². The SMILES string of the molecule is CN(C(=O)OC(C)(C)C)C1OCCc2scc(-c3cccnc3)c21. The van der Waals surface area contributed by atoms with Crippen molar-refractivity contribution in [1.82, 2.24) is 9.88 Å². The lowest BCUT2D eigenvalue weighted by Gasteiger charge is -2.33. The third-order valence-corrected chi connectivity index (χ3v) is 4.83. The summed E-state index contributed by atoms with van der Waals surface area (Å²) in [6, 6.07) is 3.93. The fourth-order valence-electron chi connectivity index (χ4n) is 2.70. The number of thiophene rings is 1. The monoisotopic (exact) mass is 346 g/mol. The topological polar surface area (TPSA) is 51.7 Å². The van der Waals surface area contributed by atoms with Gasteiger partial charge in [-0.25, -0.2) is 4.79 Å². The Hall–Kier alpha value is -1.92. The maximum absolute atomic E-state index is 12.5. The molecule has 1 aliphatic heterocycles. The predicted octanol–water partition coefficient (Wildman–Crippen LogP) is 4.25. The standard InChI is InChI=1S/C18H22N2O3S/c1-18(2,3)23-17(21)20(4)16-15-13(12-6-5-8-19-10-12)11-24-14(15)7-9-22-16/h5-6,8,10-11,16H,7,9H2,1-4H3. The van der Waals surface area contributed by atoms with Crippen molar-refractivity contribution in [2.45, 2.75) is 39.0 Å². The minimum atomic E-state index is -0.538. The molecule has 0 spiro atoms. The molecule has 0 saturated carbocycles. The van der Waals surface area contributed by atoms with E-state index in [0.717, 1.165) is 23.1 Å². The van der Waals surface area contributed by atoms with Crippen molar-refractivity contribution in [3.63, 3.8) is 0 Å². The van der Waals surface area contributed by atoms with Gasteiger partial charge in [-0.2, -0.15) is 0 Å². The van der Waals surface area contributed by atoms with E-state index < -0.39 is 11.8 Å². The largest absolute Gasteiger partial charge is 0.444 e. The van der Waals surface area contributed by atoms with E-state index in [1.54, 1.807) is 24.6 Å². The van der Waals surface area contributed by atoms with Crippen molar-refractivity contribution < 1.29 is 14.3 Å². The molecular formula is C18H22N2O3S. The van der Waals surface area contributed by atoms with Gasteiger partial charge in [-0.1, -0.05) is 6.07 Å². The summed E-state index contributed by atoms with van der Waals surface area (Å²) in [6.45, 7) is 6.17. The zero-order chi connectivity index (χ0) is 17.3. The highest BCUT2D eigenvalue weighted by Crippen LogP contribution is 2.41. The third-order valence-electron chi connectivity index (χ3n) is 3.77. The number of ether oxygens (including phenoxy) is 2. The second kappa shape index (κ2) is 6.53. The van der Waals surface area contributed by atoms with Gasteiger partial charge in [0.1, 0.15) is 5.60 Å². The van der Waals surface area contributed by atoms with E-state index in [0.29, 0.717) is 6.61 Å². The van der Waals surface area contributed by atoms with Gasteiger partial charge in [0.2, 0.25) is 0 Å². The lowest BCUT2D eigenvalue weighted by atomic mass is 10.0. The molecule has 0 saturated heterocycles. The summed E-state index contributed by atoms with van der Waals surface area (Å²) in [7, 11) is 1.72. The number of hydrogen-bond acceptors (Lipinski definition) is 5. The van der Waals surface area contributed by atoms with Crippen molar-refractivity contribution in [1.29, 1.82) is 0 Å². The van der Waals surface area contributed by atoms with Crippen LogP contribution >= 0.6 is 11.3 Å². The number of hydrogen-bond donors (Lipinski definition) is 0. The van der Waals surface area contributed by atoms with Gasteiger partial charge in [0.25, 0.3) is 0 Å². The molecule has 0 radical (unpaired) electrons. The summed E-state index contributed by atoms with van der Waals surface area (Å²) < 4.78 is 11.4. The Labute approximate surface area is 146 Å². The van der Waals surface area contributed by atoms with Gasteiger partial charge in [-0.15, -0.1) is 11.3 Å². The lowest BCUT2D eigenvalue weighted by molar-refractivity contribution is -0.0652. The van der Waals surface area contributed by atoms with Crippen LogP contribution in [0.5, 0.6) is 0 Å². The zero-order valence-electron chi connectivity index (χ0n) is 14.4. The molecular weight excluding hydrogens is 324 g/mol. The second-order valence-electron chi connectivity index (χ2n) is 6.79. The summed E-state index contributed by atoms with van der Waals surface area (Å²) in [6.07, 6.45) is 3.62. The molecule has 3 rings (SSSR count). The fourth-order valence-corrected chi connectivity index (χ4v) is 3.76. The third kappa shape index (κ3) is 3.44. The highest BCUT2D eigenvalue weighted by atomic mass is 32.1. The van der Waals surface area contributed by atoms with Gasteiger partial charge in [0.15, 0.2) is 6.23 Å². The van der Waals surface area contributed by atoms with Crippen LogP contribution in [0, 0.1) is 0 Å². The van der Waals surface area contributed by atoms with Crippen LogP contribution in [-0.4, -0.2) is 35.2 Å². The first-order valence-electron chi connectivity index (χ1n) is 7.95. The summed E-state index contributed by atoms with van der Waals surface area (Å²) in [5.74, 6) is 0. The Kier molecular flexibility index (Phi) is 4.60. The van der Waals surface area contributed by atoms with Crippen LogP contribution in [0.4, 0.5) is 4.79 Å². The summed E-state index contributed by atoms with van der Waals surface area (Å²) >= 11 is 1.71. The van der Waals surface area contributed by atoms with Gasteiger partial charge in [0.05, 0.1) is 6.61 Å². The molecule has 2 aromatic rings. The van der Waals surface area contributed by atoms with Crippen LogP contribution in [0.15, 0.2) is 29.9 Å². The number of rotatable bonds is 2. The van der Waals surface area contributed by atoms with E-state index >= 15 is 0 Å². The molecule has 3 heterocycles. The first kappa shape index (κ1) is 16.9. The Bertz CT molecular complexity index is 722. The van der Waals surface area contributed by atoms with Gasteiger partial charge in [-0.05, 0) is 32.2 Å². The molecule has 0 bridgehead atoms. The number of carbonyl (C=O) groups is 1. The van der Waals surface area contributed by atoms with Gasteiger partial charge in [0, 0.05) is 47.4 Å². The number of carbonyl (C=O) groups excluding carboxylic acids is 1. The van der Waals surface area contributed by atoms with E-state index in [-0.39, 0.29) is 6.09 Å². The Morgan fingerprint density at radius 3 is 2.92 bits per heavy atom. The quantitative estimate of drug-likeness (QED) is 0.816. The van der Waals surface area contributed by atoms with Crippen molar-refractivity contribution >= 4 is 17.4 Å². The van der Waals surface area contributed by atoms with E-state index in [4.69, 9.17) is 9.47 Å². The van der Waals surface area contributed by atoms with Crippen molar-refractivity contribution in [2.75, 3.05) is 13.7 Å². The number of fused-ring (bicyclic) bond motifs is 1. The second-order valence-corrected chi connectivity index (χ2v) is 7.76. The molecule has 24 heavy (non-hydrogen) atoms. The summed E-state index contributed by atoms with van der Waals surface area (Å²) in [4.78, 5) is 19.4. The zero-order valence-corrected chi connectivity index (χ0v) is 15.2. The highest BCUT2D eigenvalue weighted by molar-refractivity contribution is 7.10. The summed E-state index contributed by atoms with van der Waals surface area (Å²) in [5, 5.41) is 2.12. The molecule has 0 aliphatic carbocycles. The lowest BCUT2D eigenvalue weighted by Crippen LogP contribution is -2.39. The van der Waals surface area contributed by atoms with Crippen molar-refractivity contribution in [3.8, 4) is 11.1 Å². The average Bonchev–Trinajstić information content (AvgIpc) is 2.97. The minimum absolute atomic E-state index is 0.385. The molecule has 5 nitrogen and oxygen atoms in total. The van der Waals surface area contributed by atoms with Crippen LogP contribution < -0.4 is 0 Å². The predicted molar refractivity (Wildman–Crippen MR) is 93.9 cm³/mol. The molecule has 1 amide bonds. The average molecular weight is 346 g/mol. The molecule has 1 unspecified atom stereocenters. The first-order valence-corrected chi connectivity index (χ1v) is 8.83. The highest BCUT2D eigenvalue weighted by Gasteiger charge is 2.33. The molecule has 1 aliphatic rings. The molecule has 128 valence electrons. The molecule has 0 N–H and O–H groups in total. The Balaban J connectivity index is 1.94. The molecule has 6 heteroatoms. The van der Waals surface area contributed by atoms with Crippen molar-refractivity contribution in [3.05, 3.63) is 40.3 Å². The van der Waals surface area contributed by atoms with Gasteiger partial charge < -0.3 is 9.47 Å². The minimum Gasteiger partial charge on any atom is -0.444 e. The molecule has 1 atom stereocenters. The maximum atomic E-state index is 12.5. The van der Waals surface area contributed by atoms with Crippen LogP contribution in [-0.2, 0) is 15.9 Å². The van der Waals surface area contributed by atoms with Crippen LogP contribution in [0.1, 0.15) is 37.4 Å². The fraction of sp³-hybridized carbons (Fsp3) is 0.444.